The average Bonchev–Trinajstić information content (AvgIpc) is 2.84. The van der Waals surface area contributed by atoms with Crippen LogP contribution in [0.25, 0.3) is 11.3 Å². The molecule has 20 heavy (non-hydrogen) atoms. The largest absolute Gasteiger partial charge is 0.484 e. The van der Waals surface area contributed by atoms with E-state index < -0.39 is 12.8 Å². The number of alkyl halides is 3. The number of rotatable bonds is 4. The molecule has 0 amide bonds. The zero-order valence-corrected chi connectivity index (χ0v) is 10.5. The number of hydrogen-bond acceptors (Lipinski definition) is 3. The van der Waals surface area contributed by atoms with E-state index in [-0.39, 0.29) is 11.5 Å². The molecule has 3 nitrogen and oxygen atoms in total. The maximum absolute atomic E-state index is 12.1. The molecule has 0 radical (unpaired) electrons. The van der Waals surface area contributed by atoms with Crippen LogP contribution < -0.4 is 4.74 Å². The van der Waals surface area contributed by atoms with Gasteiger partial charge in [0.1, 0.15) is 11.5 Å². The van der Waals surface area contributed by atoms with Crippen molar-refractivity contribution < 1.29 is 27.1 Å². The smallest absolute Gasteiger partial charge is 0.422 e. The molecule has 2 rings (SSSR count). The van der Waals surface area contributed by atoms with E-state index in [1.54, 1.807) is 19.1 Å². The van der Waals surface area contributed by atoms with E-state index in [0.717, 1.165) is 0 Å². The third-order valence-corrected chi connectivity index (χ3v) is 2.61. The molecule has 0 bridgehead atoms. The van der Waals surface area contributed by atoms with Crippen LogP contribution in [0.15, 0.2) is 34.7 Å². The molecule has 1 aromatic carbocycles. The fraction of sp³-hybridized carbons (Fsp3) is 0.214. The molecular weight excluding hydrogens is 273 g/mol. The van der Waals surface area contributed by atoms with Crippen molar-refractivity contribution in [2.45, 2.75) is 13.1 Å². The highest BCUT2D eigenvalue weighted by atomic mass is 19.4. The van der Waals surface area contributed by atoms with Crippen LogP contribution in [0.2, 0.25) is 0 Å². The molecule has 1 heterocycles. The third-order valence-electron chi connectivity index (χ3n) is 2.61. The lowest BCUT2D eigenvalue weighted by molar-refractivity contribution is -0.153. The Morgan fingerprint density at radius 2 is 2.00 bits per heavy atom. The summed E-state index contributed by atoms with van der Waals surface area (Å²) in [7, 11) is 0. The Morgan fingerprint density at radius 3 is 2.55 bits per heavy atom. The summed E-state index contributed by atoms with van der Waals surface area (Å²) >= 11 is 0. The first kappa shape index (κ1) is 14.2. The fourth-order valence-corrected chi connectivity index (χ4v) is 1.73. The molecule has 0 unspecified atom stereocenters. The number of carbonyl (C=O) groups is 1. The molecule has 1 aromatic heterocycles. The number of aldehydes is 1. The summed E-state index contributed by atoms with van der Waals surface area (Å²) in [6.07, 6.45) is -3.79. The molecule has 0 N–H and O–H groups in total. The molecule has 0 saturated carbocycles. The highest BCUT2D eigenvalue weighted by molar-refractivity contribution is 5.73. The van der Waals surface area contributed by atoms with Crippen molar-refractivity contribution in [2.24, 2.45) is 0 Å². The predicted molar refractivity (Wildman–Crippen MR) is 65.8 cm³/mol. The van der Waals surface area contributed by atoms with E-state index >= 15 is 0 Å². The lowest BCUT2D eigenvalue weighted by Crippen LogP contribution is -2.19. The van der Waals surface area contributed by atoms with Crippen LogP contribution in [0.1, 0.15) is 16.1 Å². The Morgan fingerprint density at radius 1 is 1.25 bits per heavy atom. The molecule has 0 aliphatic rings. The van der Waals surface area contributed by atoms with Crippen molar-refractivity contribution in [3.05, 3.63) is 41.7 Å². The topological polar surface area (TPSA) is 39.4 Å². The van der Waals surface area contributed by atoms with Gasteiger partial charge in [0, 0.05) is 5.56 Å². The summed E-state index contributed by atoms with van der Waals surface area (Å²) < 4.78 is 46.1. The number of hydrogen-bond donors (Lipinski definition) is 0. The first-order chi connectivity index (χ1) is 9.39. The van der Waals surface area contributed by atoms with Gasteiger partial charge in [-0.1, -0.05) is 0 Å². The Hall–Kier alpha value is -2.24. The summed E-state index contributed by atoms with van der Waals surface area (Å²) in [6, 6.07) is 7.66. The first-order valence-corrected chi connectivity index (χ1v) is 5.74. The minimum Gasteiger partial charge on any atom is -0.484 e. The van der Waals surface area contributed by atoms with Gasteiger partial charge in [-0.15, -0.1) is 0 Å². The van der Waals surface area contributed by atoms with E-state index in [2.05, 4.69) is 4.74 Å². The number of carbonyl (C=O) groups excluding carboxylic acids is 1. The van der Waals surface area contributed by atoms with Crippen molar-refractivity contribution >= 4 is 6.29 Å². The minimum atomic E-state index is -4.37. The third kappa shape index (κ3) is 3.40. The van der Waals surface area contributed by atoms with E-state index in [4.69, 9.17) is 4.42 Å². The van der Waals surface area contributed by atoms with Crippen molar-refractivity contribution in [1.82, 2.24) is 0 Å². The highest BCUT2D eigenvalue weighted by Gasteiger charge is 2.28. The van der Waals surface area contributed by atoms with E-state index in [0.29, 0.717) is 23.2 Å². The molecule has 106 valence electrons. The molecule has 0 aliphatic heterocycles. The van der Waals surface area contributed by atoms with E-state index in [1.165, 1.54) is 18.2 Å². The second-order valence-electron chi connectivity index (χ2n) is 4.20. The van der Waals surface area contributed by atoms with Crippen LogP contribution in [-0.2, 0) is 0 Å². The predicted octanol–water partition coefficient (Wildman–Crippen LogP) is 4.01. The summed E-state index contributed by atoms with van der Waals surface area (Å²) in [4.78, 5) is 10.5. The van der Waals surface area contributed by atoms with Crippen LogP contribution >= 0.6 is 0 Å². The van der Waals surface area contributed by atoms with Crippen molar-refractivity contribution in [1.29, 1.82) is 0 Å². The lowest BCUT2D eigenvalue weighted by atomic mass is 10.1. The molecule has 2 aromatic rings. The summed E-state index contributed by atoms with van der Waals surface area (Å²) in [5, 5.41) is 0. The van der Waals surface area contributed by atoms with Crippen molar-refractivity contribution in [3.63, 3.8) is 0 Å². The van der Waals surface area contributed by atoms with Gasteiger partial charge < -0.3 is 9.15 Å². The van der Waals surface area contributed by atoms with Crippen LogP contribution in [0.5, 0.6) is 5.75 Å². The van der Waals surface area contributed by atoms with Gasteiger partial charge in [0.25, 0.3) is 0 Å². The van der Waals surface area contributed by atoms with Crippen LogP contribution in [0.3, 0.4) is 0 Å². The quantitative estimate of drug-likeness (QED) is 0.796. The average molecular weight is 284 g/mol. The summed E-state index contributed by atoms with van der Waals surface area (Å²) in [5.41, 5.74) is 1.38. The van der Waals surface area contributed by atoms with Crippen LogP contribution in [-0.4, -0.2) is 19.1 Å². The minimum absolute atomic E-state index is 0.130. The molecule has 6 heteroatoms. The SMILES string of the molecule is Cc1cc(OCC(F)(F)F)ccc1-c1ccc(C=O)o1. The summed E-state index contributed by atoms with van der Waals surface area (Å²) in [5.74, 6) is 0.800. The van der Waals surface area contributed by atoms with Gasteiger partial charge in [-0.3, -0.25) is 4.79 Å². The normalized spacial score (nSPS) is 11.4. The van der Waals surface area contributed by atoms with E-state index in [1.807, 2.05) is 0 Å². The van der Waals surface area contributed by atoms with Gasteiger partial charge in [-0.25, -0.2) is 0 Å². The molecule has 0 saturated heterocycles. The molecular formula is C14H11F3O3. The monoisotopic (exact) mass is 284 g/mol. The molecule has 0 aliphatic carbocycles. The maximum Gasteiger partial charge on any atom is 0.422 e. The maximum atomic E-state index is 12.1. The number of halogens is 3. The van der Waals surface area contributed by atoms with Crippen molar-refractivity contribution in [2.75, 3.05) is 6.61 Å². The zero-order chi connectivity index (χ0) is 14.8. The second-order valence-corrected chi connectivity index (χ2v) is 4.20. The molecule has 0 atom stereocenters. The molecule has 0 spiro atoms. The number of aryl methyl sites for hydroxylation is 1. The number of furan rings is 1. The van der Waals surface area contributed by atoms with Gasteiger partial charge in [-0.2, -0.15) is 13.2 Å². The van der Waals surface area contributed by atoms with Gasteiger partial charge in [0.05, 0.1) is 0 Å². The molecule has 0 fully saturated rings. The number of ether oxygens (including phenoxy) is 1. The zero-order valence-electron chi connectivity index (χ0n) is 10.5. The highest BCUT2D eigenvalue weighted by Crippen LogP contribution is 2.29. The van der Waals surface area contributed by atoms with E-state index in [9.17, 15) is 18.0 Å². The lowest BCUT2D eigenvalue weighted by Gasteiger charge is -2.11. The van der Waals surface area contributed by atoms with Gasteiger partial charge >= 0.3 is 6.18 Å². The first-order valence-electron chi connectivity index (χ1n) is 5.74. The van der Waals surface area contributed by atoms with Crippen LogP contribution in [0, 0.1) is 6.92 Å². The van der Waals surface area contributed by atoms with Gasteiger partial charge in [0.2, 0.25) is 0 Å². The fourth-order valence-electron chi connectivity index (χ4n) is 1.73. The second kappa shape index (κ2) is 5.40. The standard InChI is InChI=1S/C14H11F3O3/c1-9-6-10(19-8-14(15,16)17)2-4-12(9)13-5-3-11(7-18)20-13/h2-7H,8H2,1H3. The Balaban J connectivity index is 2.19. The van der Waals surface area contributed by atoms with Gasteiger partial charge in [-0.05, 0) is 42.8 Å². The summed E-state index contributed by atoms with van der Waals surface area (Å²) in [6.45, 7) is 0.390. The Bertz CT molecular complexity index is 614. The number of benzene rings is 1. The van der Waals surface area contributed by atoms with Crippen LogP contribution in [0.4, 0.5) is 13.2 Å². The Kier molecular flexibility index (Phi) is 3.83. The Labute approximate surface area is 113 Å². The van der Waals surface area contributed by atoms with Gasteiger partial charge in [0.15, 0.2) is 18.7 Å². The van der Waals surface area contributed by atoms with Crippen molar-refractivity contribution in [3.8, 4) is 17.1 Å².